The molecule has 1 fully saturated rings. The van der Waals surface area contributed by atoms with E-state index in [1.54, 1.807) is 12.1 Å². The second kappa shape index (κ2) is 5.68. The van der Waals surface area contributed by atoms with E-state index in [-0.39, 0.29) is 12.4 Å². The number of aliphatic hydroxyl groups excluding tert-OH is 1. The van der Waals surface area contributed by atoms with Crippen LogP contribution in [0.15, 0.2) is 28.8 Å². The van der Waals surface area contributed by atoms with E-state index in [4.69, 9.17) is 9.63 Å². The zero-order valence-electron chi connectivity index (χ0n) is 11.0. The van der Waals surface area contributed by atoms with Crippen molar-refractivity contribution in [3.8, 4) is 11.4 Å². The topological polar surface area (TPSA) is 62.4 Å². The molecule has 6 heteroatoms. The summed E-state index contributed by atoms with van der Waals surface area (Å²) in [6, 6.07) is 6.50. The molecule has 1 aromatic heterocycles. The van der Waals surface area contributed by atoms with Crippen LogP contribution >= 0.6 is 0 Å². The fraction of sp³-hybridized carbons (Fsp3) is 0.429. The van der Waals surface area contributed by atoms with Gasteiger partial charge in [0.1, 0.15) is 5.82 Å². The van der Waals surface area contributed by atoms with E-state index >= 15 is 0 Å². The molecule has 0 unspecified atom stereocenters. The first-order valence-corrected chi connectivity index (χ1v) is 6.69. The normalized spacial score (nSPS) is 14.9. The minimum atomic E-state index is -0.291. The number of benzene rings is 1. The number of hydrogen-bond donors (Lipinski definition) is 1. The lowest BCUT2D eigenvalue weighted by Crippen LogP contribution is -2.28. The fourth-order valence-electron chi connectivity index (χ4n) is 2.17. The summed E-state index contributed by atoms with van der Waals surface area (Å²) in [7, 11) is 0. The molecule has 0 radical (unpaired) electrons. The summed E-state index contributed by atoms with van der Waals surface area (Å²) in [5, 5.41) is 13.0. The molecule has 2 aromatic rings. The summed E-state index contributed by atoms with van der Waals surface area (Å²) < 4.78 is 18.1. The molecule has 0 aliphatic heterocycles. The Labute approximate surface area is 116 Å². The highest BCUT2D eigenvalue weighted by Crippen LogP contribution is 2.28. The molecule has 20 heavy (non-hydrogen) atoms. The van der Waals surface area contributed by atoms with Crippen LogP contribution in [-0.2, 0) is 6.54 Å². The number of rotatable bonds is 6. The molecular weight excluding hydrogens is 261 g/mol. The van der Waals surface area contributed by atoms with Gasteiger partial charge in [-0.2, -0.15) is 4.98 Å². The van der Waals surface area contributed by atoms with Gasteiger partial charge in [0, 0.05) is 18.2 Å². The monoisotopic (exact) mass is 277 g/mol. The van der Waals surface area contributed by atoms with Crippen LogP contribution in [0.3, 0.4) is 0 Å². The summed E-state index contributed by atoms with van der Waals surface area (Å²) in [5.74, 6) is 0.685. The molecule has 3 rings (SSSR count). The van der Waals surface area contributed by atoms with Crippen molar-refractivity contribution in [1.29, 1.82) is 0 Å². The minimum absolute atomic E-state index is 0.120. The number of nitrogens with zero attached hydrogens (tertiary/aromatic N) is 3. The van der Waals surface area contributed by atoms with Gasteiger partial charge >= 0.3 is 0 Å². The maximum absolute atomic E-state index is 12.9. The fourth-order valence-corrected chi connectivity index (χ4v) is 2.17. The van der Waals surface area contributed by atoms with Crippen molar-refractivity contribution >= 4 is 0 Å². The predicted octanol–water partition coefficient (Wildman–Crippen LogP) is 1.83. The minimum Gasteiger partial charge on any atom is -0.395 e. The van der Waals surface area contributed by atoms with Crippen LogP contribution in [0.25, 0.3) is 11.4 Å². The highest BCUT2D eigenvalue weighted by molar-refractivity contribution is 5.53. The van der Waals surface area contributed by atoms with Crippen molar-refractivity contribution in [3.05, 3.63) is 36.0 Å². The van der Waals surface area contributed by atoms with Crippen molar-refractivity contribution in [3.63, 3.8) is 0 Å². The lowest BCUT2D eigenvalue weighted by atomic mass is 10.2. The largest absolute Gasteiger partial charge is 0.395 e. The molecule has 106 valence electrons. The number of aromatic nitrogens is 2. The quantitative estimate of drug-likeness (QED) is 0.872. The third-order valence-corrected chi connectivity index (χ3v) is 3.36. The van der Waals surface area contributed by atoms with Crippen molar-refractivity contribution < 1.29 is 14.0 Å². The standard InChI is InChI=1S/C14H16FN3O2/c15-11-3-1-10(2-4-11)14-16-13(20-17-14)9-18(7-8-19)12-5-6-12/h1-4,12,19H,5-9H2. The average Bonchev–Trinajstić information content (AvgIpc) is 3.20. The Morgan fingerprint density at radius 2 is 2.05 bits per heavy atom. The van der Waals surface area contributed by atoms with E-state index in [1.165, 1.54) is 12.1 Å². The first-order chi connectivity index (χ1) is 9.76. The Bertz CT molecular complexity index is 566. The van der Waals surface area contributed by atoms with Gasteiger partial charge in [-0.3, -0.25) is 4.90 Å². The second-order valence-electron chi connectivity index (χ2n) is 4.94. The maximum atomic E-state index is 12.9. The maximum Gasteiger partial charge on any atom is 0.241 e. The van der Waals surface area contributed by atoms with Crippen LogP contribution in [0, 0.1) is 5.82 Å². The zero-order valence-corrected chi connectivity index (χ0v) is 11.0. The molecule has 5 nitrogen and oxygen atoms in total. The second-order valence-corrected chi connectivity index (χ2v) is 4.94. The SMILES string of the molecule is OCCN(Cc1nc(-c2ccc(F)cc2)no1)C1CC1. The van der Waals surface area contributed by atoms with E-state index in [2.05, 4.69) is 15.0 Å². The molecule has 1 saturated carbocycles. The summed E-state index contributed by atoms with van der Waals surface area (Å²) in [4.78, 5) is 6.46. The van der Waals surface area contributed by atoms with Crippen molar-refractivity contribution in [2.75, 3.05) is 13.2 Å². The summed E-state index contributed by atoms with van der Waals surface area (Å²) in [5.41, 5.74) is 0.724. The lowest BCUT2D eigenvalue weighted by Gasteiger charge is -2.17. The van der Waals surface area contributed by atoms with E-state index < -0.39 is 0 Å². The molecule has 0 bridgehead atoms. The molecule has 0 saturated heterocycles. The Morgan fingerprint density at radius 3 is 2.70 bits per heavy atom. The molecule has 1 aliphatic carbocycles. The van der Waals surface area contributed by atoms with Gasteiger partial charge in [0.2, 0.25) is 11.7 Å². The molecule has 1 N–H and O–H groups in total. The third kappa shape index (κ3) is 3.02. The number of hydrogen-bond acceptors (Lipinski definition) is 5. The third-order valence-electron chi connectivity index (χ3n) is 3.36. The zero-order chi connectivity index (χ0) is 13.9. The van der Waals surface area contributed by atoms with Gasteiger partial charge in [-0.05, 0) is 37.1 Å². The Morgan fingerprint density at radius 1 is 1.30 bits per heavy atom. The van der Waals surface area contributed by atoms with E-state index in [0.29, 0.717) is 30.8 Å². The van der Waals surface area contributed by atoms with Gasteiger partial charge < -0.3 is 9.63 Å². The molecule has 0 amide bonds. The highest BCUT2D eigenvalue weighted by atomic mass is 19.1. The van der Waals surface area contributed by atoms with Gasteiger partial charge in [0.25, 0.3) is 0 Å². The summed E-state index contributed by atoms with van der Waals surface area (Å²) >= 11 is 0. The van der Waals surface area contributed by atoms with Gasteiger partial charge in [-0.15, -0.1) is 0 Å². The Hall–Kier alpha value is -1.79. The van der Waals surface area contributed by atoms with Crippen LogP contribution in [0.5, 0.6) is 0 Å². The number of halogens is 1. The Balaban J connectivity index is 1.71. The number of aliphatic hydroxyl groups is 1. The van der Waals surface area contributed by atoms with Crippen LogP contribution in [0.4, 0.5) is 4.39 Å². The average molecular weight is 277 g/mol. The first-order valence-electron chi connectivity index (χ1n) is 6.69. The van der Waals surface area contributed by atoms with E-state index in [0.717, 1.165) is 18.4 Å². The first kappa shape index (κ1) is 13.2. The highest BCUT2D eigenvalue weighted by Gasteiger charge is 2.29. The van der Waals surface area contributed by atoms with E-state index in [9.17, 15) is 4.39 Å². The van der Waals surface area contributed by atoms with Crippen molar-refractivity contribution in [2.24, 2.45) is 0 Å². The molecule has 1 aromatic carbocycles. The molecule has 1 aliphatic rings. The molecular formula is C14H16FN3O2. The molecule has 1 heterocycles. The van der Waals surface area contributed by atoms with Crippen LogP contribution in [0.1, 0.15) is 18.7 Å². The van der Waals surface area contributed by atoms with Gasteiger partial charge in [-0.25, -0.2) is 4.39 Å². The predicted molar refractivity (Wildman–Crippen MR) is 70.2 cm³/mol. The smallest absolute Gasteiger partial charge is 0.241 e. The van der Waals surface area contributed by atoms with Gasteiger partial charge in [-0.1, -0.05) is 5.16 Å². The van der Waals surface area contributed by atoms with Gasteiger partial charge in [0.15, 0.2) is 0 Å². The van der Waals surface area contributed by atoms with Crippen molar-refractivity contribution in [2.45, 2.75) is 25.4 Å². The summed E-state index contributed by atoms with van der Waals surface area (Å²) in [6.45, 7) is 1.27. The van der Waals surface area contributed by atoms with Crippen LogP contribution in [-0.4, -0.2) is 39.3 Å². The van der Waals surface area contributed by atoms with E-state index in [1.807, 2.05) is 0 Å². The molecule has 0 atom stereocenters. The van der Waals surface area contributed by atoms with Crippen LogP contribution < -0.4 is 0 Å². The Kier molecular flexibility index (Phi) is 3.75. The van der Waals surface area contributed by atoms with Gasteiger partial charge in [0.05, 0.1) is 13.2 Å². The molecule has 0 spiro atoms. The lowest BCUT2D eigenvalue weighted by molar-refractivity contribution is 0.167. The van der Waals surface area contributed by atoms with Crippen molar-refractivity contribution in [1.82, 2.24) is 15.0 Å². The summed E-state index contributed by atoms with van der Waals surface area (Å²) in [6.07, 6.45) is 2.30. The van der Waals surface area contributed by atoms with Crippen LogP contribution in [0.2, 0.25) is 0 Å².